The maximum absolute atomic E-state index is 9.23. The van der Waals surface area contributed by atoms with Gasteiger partial charge >= 0.3 is 0 Å². The van der Waals surface area contributed by atoms with Gasteiger partial charge in [0, 0.05) is 11.8 Å². The van der Waals surface area contributed by atoms with Crippen LogP contribution in [0.3, 0.4) is 0 Å². The van der Waals surface area contributed by atoms with Crippen LogP contribution < -0.4 is 0 Å². The van der Waals surface area contributed by atoms with Gasteiger partial charge in [0.1, 0.15) is 5.75 Å². The number of aromatic hydroxyl groups is 1. The van der Waals surface area contributed by atoms with E-state index < -0.39 is 0 Å². The average Bonchev–Trinajstić information content (AvgIpc) is 2.72. The lowest BCUT2D eigenvalue weighted by Gasteiger charge is -1.94. The summed E-state index contributed by atoms with van der Waals surface area (Å²) in [7, 11) is 0. The lowest BCUT2D eigenvalue weighted by molar-refractivity contribution is 0.475. The van der Waals surface area contributed by atoms with E-state index in [-0.39, 0.29) is 5.75 Å². The van der Waals surface area contributed by atoms with Crippen molar-refractivity contribution in [2.75, 3.05) is 0 Å². The second-order valence-corrected chi connectivity index (χ2v) is 3.99. The van der Waals surface area contributed by atoms with Crippen LogP contribution in [0.25, 0.3) is 17.0 Å². The average molecular weight is 225 g/mol. The van der Waals surface area contributed by atoms with Crippen molar-refractivity contribution in [3.63, 3.8) is 0 Å². The van der Waals surface area contributed by atoms with Crippen LogP contribution in [0, 0.1) is 6.92 Å². The van der Waals surface area contributed by atoms with Gasteiger partial charge in [-0.2, -0.15) is 0 Å². The Morgan fingerprint density at radius 3 is 2.65 bits per heavy atom. The molecular weight excluding hydrogens is 214 g/mol. The first-order chi connectivity index (χ1) is 8.22. The van der Waals surface area contributed by atoms with Crippen molar-refractivity contribution in [2.24, 2.45) is 0 Å². The fourth-order valence-electron chi connectivity index (χ4n) is 1.72. The fourth-order valence-corrected chi connectivity index (χ4v) is 1.72. The topological polar surface area (TPSA) is 50.4 Å². The summed E-state index contributed by atoms with van der Waals surface area (Å²) in [5, 5.41) is 13.6. The van der Waals surface area contributed by atoms with Crippen LogP contribution in [0.15, 0.2) is 42.6 Å². The summed E-state index contributed by atoms with van der Waals surface area (Å²) in [6.45, 7) is 2.02. The third-order valence-electron chi connectivity index (χ3n) is 2.62. The quantitative estimate of drug-likeness (QED) is 0.691. The van der Waals surface area contributed by atoms with Crippen LogP contribution in [-0.2, 0) is 0 Å². The van der Waals surface area contributed by atoms with Crippen LogP contribution in [0.5, 0.6) is 5.75 Å². The zero-order valence-electron chi connectivity index (χ0n) is 9.33. The van der Waals surface area contributed by atoms with Crippen LogP contribution in [0.2, 0.25) is 0 Å². The van der Waals surface area contributed by atoms with E-state index >= 15 is 0 Å². The molecule has 0 saturated carbocycles. The normalized spacial score (nSPS) is 10.9. The third kappa shape index (κ3) is 1.73. The first-order valence-corrected chi connectivity index (χ1v) is 5.35. The minimum absolute atomic E-state index is 0.244. The first kappa shape index (κ1) is 9.84. The minimum Gasteiger partial charge on any atom is -0.508 e. The zero-order chi connectivity index (χ0) is 11.8. The molecule has 3 rings (SSSR count). The van der Waals surface area contributed by atoms with E-state index in [4.69, 9.17) is 0 Å². The fraction of sp³-hybridized carbons (Fsp3) is 0.0769. The summed E-state index contributed by atoms with van der Waals surface area (Å²) >= 11 is 0. The first-order valence-electron chi connectivity index (χ1n) is 5.35. The van der Waals surface area contributed by atoms with Gasteiger partial charge in [0.2, 0.25) is 0 Å². The highest BCUT2D eigenvalue weighted by atomic mass is 16.3. The van der Waals surface area contributed by atoms with Gasteiger partial charge in [-0.25, -0.2) is 9.50 Å². The molecule has 0 aliphatic carbocycles. The molecule has 2 heterocycles. The highest BCUT2D eigenvalue weighted by Crippen LogP contribution is 2.19. The van der Waals surface area contributed by atoms with E-state index in [9.17, 15) is 5.11 Å². The molecule has 0 amide bonds. The van der Waals surface area contributed by atoms with Gasteiger partial charge in [-0.15, -0.1) is 5.10 Å². The molecule has 84 valence electrons. The van der Waals surface area contributed by atoms with E-state index in [1.54, 1.807) is 28.8 Å². The van der Waals surface area contributed by atoms with E-state index in [1.165, 1.54) is 0 Å². The molecule has 0 spiro atoms. The molecule has 0 aliphatic rings. The van der Waals surface area contributed by atoms with E-state index in [2.05, 4.69) is 10.1 Å². The number of aryl methyl sites for hydroxylation is 1. The number of hydrogen-bond donors (Lipinski definition) is 1. The highest BCUT2D eigenvalue weighted by Gasteiger charge is 2.05. The number of rotatable bonds is 1. The van der Waals surface area contributed by atoms with E-state index in [1.807, 2.05) is 25.3 Å². The van der Waals surface area contributed by atoms with Crippen LogP contribution in [-0.4, -0.2) is 19.7 Å². The summed E-state index contributed by atoms with van der Waals surface area (Å²) in [5.74, 6) is 0.906. The van der Waals surface area contributed by atoms with Crippen LogP contribution in [0.4, 0.5) is 0 Å². The molecule has 4 nitrogen and oxygen atoms in total. The maximum Gasteiger partial charge on any atom is 0.182 e. The van der Waals surface area contributed by atoms with Crippen molar-refractivity contribution >= 4 is 5.65 Å². The molecule has 17 heavy (non-hydrogen) atoms. The lowest BCUT2D eigenvalue weighted by atomic mass is 10.2. The second kappa shape index (κ2) is 3.59. The number of nitrogens with zero attached hydrogens (tertiary/aromatic N) is 3. The van der Waals surface area contributed by atoms with Gasteiger partial charge < -0.3 is 5.11 Å². The molecule has 0 unspecified atom stereocenters. The van der Waals surface area contributed by atoms with Crippen molar-refractivity contribution in [1.29, 1.82) is 0 Å². The zero-order valence-corrected chi connectivity index (χ0v) is 9.33. The van der Waals surface area contributed by atoms with Crippen LogP contribution in [0.1, 0.15) is 5.56 Å². The Balaban J connectivity index is 2.14. The Kier molecular flexibility index (Phi) is 2.08. The SMILES string of the molecule is Cc1ccn2nc(-c3ccc(O)cc3)nc2c1. The maximum atomic E-state index is 9.23. The molecular formula is C13H11N3O. The molecule has 0 fully saturated rings. The lowest BCUT2D eigenvalue weighted by Crippen LogP contribution is -1.86. The number of fused-ring (bicyclic) bond motifs is 1. The summed E-state index contributed by atoms with van der Waals surface area (Å²) < 4.78 is 1.75. The molecule has 0 atom stereocenters. The Hall–Kier alpha value is -2.36. The molecule has 2 aromatic heterocycles. The Labute approximate surface area is 98.2 Å². The van der Waals surface area contributed by atoms with Crippen LogP contribution >= 0.6 is 0 Å². The molecule has 0 radical (unpaired) electrons. The van der Waals surface area contributed by atoms with E-state index in [0.717, 1.165) is 16.8 Å². The monoisotopic (exact) mass is 225 g/mol. The standard InChI is InChI=1S/C13H11N3O/c1-9-6-7-16-12(8-9)14-13(15-16)10-2-4-11(17)5-3-10/h2-8,17H,1H3. The molecule has 1 aromatic carbocycles. The summed E-state index contributed by atoms with van der Waals surface area (Å²) in [6, 6.07) is 10.8. The van der Waals surface area contributed by atoms with Gasteiger partial charge in [-0.05, 0) is 48.9 Å². The summed E-state index contributed by atoms with van der Waals surface area (Å²) in [5.41, 5.74) is 2.87. The van der Waals surface area contributed by atoms with Gasteiger partial charge in [-0.1, -0.05) is 0 Å². The van der Waals surface area contributed by atoms with E-state index in [0.29, 0.717) is 5.82 Å². The Morgan fingerprint density at radius 1 is 1.12 bits per heavy atom. The molecule has 0 saturated heterocycles. The minimum atomic E-state index is 0.244. The van der Waals surface area contributed by atoms with Gasteiger partial charge in [0.05, 0.1) is 0 Å². The van der Waals surface area contributed by atoms with Crippen molar-refractivity contribution in [3.05, 3.63) is 48.2 Å². The van der Waals surface area contributed by atoms with Gasteiger partial charge in [0.15, 0.2) is 11.5 Å². The number of aromatic nitrogens is 3. The molecule has 4 heteroatoms. The molecule has 0 aliphatic heterocycles. The molecule has 1 N–H and O–H groups in total. The molecule has 0 bridgehead atoms. The molecule has 3 aromatic rings. The predicted molar refractivity (Wildman–Crippen MR) is 64.8 cm³/mol. The largest absolute Gasteiger partial charge is 0.508 e. The van der Waals surface area contributed by atoms with Crippen molar-refractivity contribution in [1.82, 2.24) is 14.6 Å². The van der Waals surface area contributed by atoms with Crippen molar-refractivity contribution in [3.8, 4) is 17.1 Å². The summed E-state index contributed by atoms with van der Waals surface area (Å²) in [6.07, 6.45) is 1.89. The number of hydrogen-bond acceptors (Lipinski definition) is 3. The van der Waals surface area contributed by atoms with Gasteiger partial charge in [-0.3, -0.25) is 0 Å². The smallest absolute Gasteiger partial charge is 0.182 e. The number of pyridine rings is 1. The predicted octanol–water partition coefficient (Wildman–Crippen LogP) is 2.41. The Bertz CT molecular complexity index is 671. The summed E-state index contributed by atoms with van der Waals surface area (Å²) in [4.78, 5) is 4.44. The van der Waals surface area contributed by atoms with Crippen molar-refractivity contribution < 1.29 is 5.11 Å². The third-order valence-corrected chi connectivity index (χ3v) is 2.62. The highest BCUT2D eigenvalue weighted by molar-refractivity contribution is 5.59. The number of benzene rings is 1. The second-order valence-electron chi connectivity index (χ2n) is 3.99. The van der Waals surface area contributed by atoms with Crippen molar-refractivity contribution in [2.45, 2.75) is 6.92 Å². The number of phenols is 1. The van der Waals surface area contributed by atoms with Gasteiger partial charge in [0.25, 0.3) is 0 Å². The Morgan fingerprint density at radius 2 is 1.88 bits per heavy atom. The number of phenolic OH excluding ortho intramolecular Hbond substituents is 1.